The van der Waals surface area contributed by atoms with Gasteiger partial charge >= 0.3 is 6.43 Å². The first-order valence-corrected chi connectivity index (χ1v) is 12.5. The minimum atomic E-state index is -2.89. The zero-order valence-electron chi connectivity index (χ0n) is 21.9. The molecule has 1 amide bonds. The van der Waals surface area contributed by atoms with Crippen LogP contribution in [-0.2, 0) is 17.9 Å². The summed E-state index contributed by atoms with van der Waals surface area (Å²) >= 11 is 0. The number of carbonyl (C=O) groups excluding carboxylic acids is 1. The molecular formula is C29H32F3N5O2. The lowest BCUT2D eigenvalue weighted by atomic mass is 10.1. The predicted octanol–water partition coefficient (Wildman–Crippen LogP) is 5.70. The second-order valence-corrected chi connectivity index (χ2v) is 8.58. The highest BCUT2D eigenvalue weighted by Crippen LogP contribution is 2.25. The van der Waals surface area contributed by atoms with Crippen LogP contribution < -0.4 is 10.2 Å². The third kappa shape index (κ3) is 9.05. The summed E-state index contributed by atoms with van der Waals surface area (Å²) in [6, 6.07) is 23.4. The molecule has 10 heteroatoms. The molecule has 0 aliphatic carbocycles. The van der Waals surface area contributed by atoms with Crippen molar-refractivity contribution in [2.75, 3.05) is 31.6 Å². The molecular weight excluding hydrogens is 507 g/mol. The van der Waals surface area contributed by atoms with Gasteiger partial charge in [-0.15, -0.1) is 10.2 Å². The number of anilines is 1. The predicted molar refractivity (Wildman–Crippen MR) is 145 cm³/mol. The van der Waals surface area contributed by atoms with E-state index in [-0.39, 0.29) is 23.6 Å². The maximum Gasteiger partial charge on any atom is 0.314 e. The molecule has 3 aromatic carbocycles. The minimum Gasteiger partial charge on any atom is -0.415 e. The van der Waals surface area contributed by atoms with Crippen molar-refractivity contribution in [1.29, 1.82) is 0 Å². The van der Waals surface area contributed by atoms with E-state index in [1.807, 2.05) is 7.05 Å². The quantitative estimate of drug-likeness (QED) is 0.233. The van der Waals surface area contributed by atoms with Crippen molar-refractivity contribution < 1.29 is 22.4 Å². The first-order valence-electron chi connectivity index (χ1n) is 12.5. The summed E-state index contributed by atoms with van der Waals surface area (Å²) in [5, 5.41) is 9.85. The molecule has 0 unspecified atom stereocenters. The summed E-state index contributed by atoms with van der Waals surface area (Å²) in [6.45, 7) is 6.56. The second-order valence-electron chi connectivity index (χ2n) is 8.58. The largest absolute Gasteiger partial charge is 0.415 e. The molecule has 1 heterocycles. The van der Waals surface area contributed by atoms with Gasteiger partial charge in [-0.25, -0.2) is 4.39 Å². The zero-order valence-corrected chi connectivity index (χ0v) is 21.9. The van der Waals surface area contributed by atoms with Crippen molar-refractivity contribution in [3.05, 3.63) is 102 Å². The fourth-order valence-electron chi connectivity index (χ4n) is 3.70. The van der Waals surface area contributed by atoms with Gasteiger partial charge in [0.15, 0.2) is 0 Å². The molecule has 39 heavy (non-hydrogen) atoms. The van der Waals surface area contributed by atoms with Gasteiger partial charge in [0.25, 0.3) is 5.89 Å². The molecule has 0 saturated heterocycles. The molecule has 4 aromatic rings. The van der Waals surface area contributed by atoms with Gasteiger partial charge < -0.3 is 14.6 Å². The van der Waals surface area contributed by atoms with E-state index in [0.717, 1.165) is 32.2 Å². The van der Waals surface area contributed by atoms with Gasteiger partial charge in [0.05, 0.1) is 6.54 Å². The highest BCUT2D eigenvalue weighted by molar-refractivity contribution is 5.75. The first kappa shape index (κ1) is 29.5. The Morgan fingerprint density at radius 2 is 1.67 bits per heavy atom. The Morgan fingerprint density at radius 1 is 0.974 bits per heavy atom. The SMILES string of the molecule is CCN(CCNC)Cc1ccccc1.O=CN(Cc1ccc(-c2nnc(C(F)F)o2)cc1F)c1ccccc1. The molecule has 1 aromatic heterocycles. The number of benzene rings is 3. The summed E-state index contributed by atoms with van der Waals surface area (Å²) < 4.78 is 44.1. The Kier molecular flexibility index (Phi) is 11.7. The third-order valence-electron chi connectivity index (χ3n) is 5.86. The van der Waals surface area contributed by atoms with Gasteiger partial charge in [0.2, 0.25) is 12.3 Å². The summed E-state index contributed by atoms with van der Waals surface area (Å²) in [6.07, 6.45) is -2.28. The Labute approximate surface area is 226 Å². The van der Waals surface area contributed by atoms with Gasteiger partial charge in [-0.3, -0.25) is 9.69 Å². The van der Waals surface area contributed by atoms with Crippen LogP contribution in [0.1, 0.15) is 30.4 Å². The van der Waals surface area contributed by atoms with Crippen molar-refractivity contribution in [1.82, 2.24) is 20.4 Å². The Bertz CT molecular complexity index is 1270. The zero-order chi connectivity index (χ0) is 28.0. The minimum absolute atomic E-state index is 0.0196. The fourth-order valence-corrected chi connectivity index (χ4v) is 3.70. The average Bonchev–Trinajstić information content (AvgIpc) is 3.47. The summed E-state index contributed by atoms with van der Waals surface area (Å²) in [5.74, 6) is -1.64. The monoisotopic (exact) mass is 539 g/mol. The number of amides is 1. The number of nitrogens with zero attached hydrogens (tertiary/aromatic N) is 4. The van der Waals surface area contributed by atoms with Gasteiger partial charge in [-0.1, -0.05) is 61.5 Å². The lowest BCUT2D eigenvalue weighted by molar-refractivity contribution is -0.107. The van der Waals surface area contributed by atoms with Crippen molar-refractivity contribution in [2.45, 2.75) is 26.4 Å². The topological polar surface area (TPSA) is 74.5 Å². The van der Waals surface area contributed by atoms with E-state index in [2.05, 4.69) is 57.7 Å². The number of aromatic nitrogens is 2. The molecule has 0 aliphatic rings. The Balaban J connectivity index is 0.000000255. The number of para-hydroxylation sites is 1. The van der Waals surface area contributed by atoms with E-state index in [1.165, 1.54) is 22.6 Å². The van der Waals surface area contributed by atoms with Gasteiger partial charge in [0.1, 0.15) is 5.82 Å². The van der Waals surface area contributed by atoms with Crippen LogP contribution in [0.4, 0.5) is 18.9 Å². The summed E-state index contributed by atoms with van der Waals surface area (Å²) in [5.41, 5.74) is 2.45. The van der Waals surface area contributed by atoms with Crippen LogP contribution in [0.15, 0.2) is 83.3 Å². The van der Waals surface area contributed by atoms with Crippen LogP contribution >= 0.6 is 0 Å². The molecule has 0 radical (unpaired) electrons. The standard InChI is InChI=1S/C17H12F3N3O2.C12H20N2/c18-14-8-11(16-21-22-17(25-16)15(19)20)6-7-12(14)9-23(10-24)13-4-2-1-3-5-13;1-3-14(10-9-13-2)11-12-7-5-4-6-8-12/h1-8,10,15H,9H2;4-8,13H,3,9-11H2,1-2H3. The van der Waals surface area contributed by atoms with E-state index in [9.17, 15) is 18.0 Å². The van der Waals surface area contributed by atoms with Crippen LogP contribution in [0.25, 0.3) is 11.5 Å². The van der Waals surface area contributed by atoms with Crippen LogP contribution in [0.3, 0.4) is 0 Å². The highest BCUT2D eigenvalue weighted by atomic mass is 19.3. The molecule has 4 rings (SSSR count). The van der Waals surface area contributed by atoms with E-state index >= 15 is 0 Å². The molecule has 0 bridgehead atoms. The van der Waals surface area contributed by atoms with Gasteiger partial charge in [-0.05, 0) is 43.4 Å². The van der Waals surface area contributed by atoms with Crippen molar-refractivity contribution in [3.8, 4) is 11.5 Å². The lowest BCUT2D eigenvalue weighted by Gasteiger charge is -2.20. The van der Waals surface area contributed by atoms with Crippen molar-refractivity contribution >= 4 is 12.1 Å². The first-order chi connectivity index (χ1) is 18.9. The highest BCUT2D eigenvalue weighted by Gasteiger charge is 2.18. The lowest BCUT2D eigenvalue weighted by Crippen LogP contribution is -2.30. The van der Waals surface area contributed by atoms with Gasteiger partial charge in [0, 0.05) is 36.4 Å². The van der Waals surface area contributed by atoms with E-state index < -0.39 is 18.1 Å². The number of nitrogens with one attached hydrogen (secondary N) is 1. The normalized spacial score (nSPS) is 10.8. The van der Waals surface area contributed by atoms with Crippen LogP contribution in [0.2, 0.25) is 0 Å². The number of carbonyl (C=O) groups is 1. The molecule has 7 nitrogen and oxygen atoms in total. The fraction of sp³-hybridized carbons (Fsp3) is 0.276. The summed E-state index contributed by atoms with van der Waals surface area (Å²) in [7, 11) is 2.00. The summed E-state index contributed by atoms with van der Waals surface area (Å²) in [4.78, 5) is 15.1. The smallest absolute Gasteiger partial charge is 0.314 e. The second kappa shape index (κ2) is 15.4. The third-order valence-corrected chi connectivity index (χ3v) is 5.86. The molecule has 0 fully saturated rings. The molecule has 206 valence electrons. The average molecular weight is 540 g/mol. The van der Waals surface area contributed by atoms with Crippen molar-refractivity contribution in [3.63, 3.8) is 0 Å². The number of likely N-dealkylation sites (N-methyl/N-ethyl adjacent to an activating group) is 2. The van der Waals surface area contributed by atoms with Crippen LogP contribution in [-0.4, -0.2) is 48.2 Å². The molecule has 1 N–H and O–H groups in total. The van der Waals surface area contributed by atoms with Crippen LogP contribution in [0, 0.1) is 5.82 Å². The molecule has 0 aliphatic heterocycles. The van der Waals surface area contributed by atoms with E-state index in [4.69, 9.17) is 4.42 Å². The number of hydrogen-bond acceptors (Lipinski definition) is 6. The Hall–Kier alpha value is -4.02. The maximum atomic E-state index is 14.3. The number of hydrogen-bond donors (Lipinski definition) is 1. The molecule has 0 saturated carbocycles. The number of rotatable bonds is 12. The van der Waals surface area contributed by atoms with Crippen molar-refractivity contribution in [2.24, 2.45) is 0 Å². The van der Waals surface area contributed by atoms with E-state index in [0.29, 0.717) is 12.1 Å². The number of alkyl halides is 2. The molecule has 0 spiro atoms. The Morgan fingerprint density at radius 3 is 2.23 bits per heavy atom. The maximum absolute atomic E-state index is 14.3. The van der Waals surface area contributed by atoms with Gasteiger partial charge in [-0.2, -0.15) is 8.78 Å². The van der Waals surface area contributed by atoms with Crippen LogP contribution in [0.5, 0.6) is 0 Å². The number of halogens is 3. The van der Waals surface area contributed by atoms with E-state index in [1.54, 1.807) is 30.3 Å². The molecule has 0 atom stereocenters.